The number of aryl methyl sites for hydroxylation is 1. The molecule has 20 heavy (non-hydrogen) atoms. The summed E-state index contributed by atoms with van der Waals surface area (Å²) in [4.78, 5) is 22.7. The van der Waals surface area contributed by atoms with E-state index in [4.69, 9.17) is 4.74 Å². The summed E-state index contributed by atoms with van der Waals surface area (Å²) in [7, 11) is 0. The summed E-state index contributed by atoms with van der Waals surface area (Å²) in [6.07, 6.45) is 3.02. The van der Waals surface area contributed by atoms with Gasteiger partial charge in [0.1, 0.15) is 5.60 Å². The van der Waals surface area contributed by atoms with Crippen molar-refractivity contribution in [1.29, 1.82) is 0 Å². The summed E-state index contributed by atoms with van der Waals surface area (Å²) in [6, 6.07) is -0.132. The molecule has 0 aromatic carbocycles. The first-order chi connectivity index (χ1) is 9.38. The lowest BCUT2D eigenvalue weighted by atomic mass is 10.1. The normalized spacial score (nSPS) is 19.8. The predicted octanol–water partition coefficient (Wildman–Crippen LogP) is 1.67. The highest BCUT2D eigenvalue weighted by Crippen LogP contribution is 2.24. The number of ether oxygens (including phenoxy) is 1. The Bertz CT molecular complexity index is 484. The van der Waals surface area contributed by atoms with Crippen molar-refractivity contribution in [2.24, 2.45) is 0 Å². The maximum atomic E-state index is 12.3. The molecule has 110 valence electrons. The van der Waals surface area contributed by atoms with Gasteiger partial charge in [0.15, 0.2) is 0 Å². The molecule has 1 aliphatic rings. The fraction of sp³-hybridized carbons (Fsp3) is 0.643. The lowest BCUT2D eigenvalue weighted by molar-refractivity contribution is 0.0112. The van der Waals surface area contributed by atoms with Crippen molar-refractivity contribution in [2.45, 2.75) is 39.3 Å². The van der Waals surface area contributed by atoms with Crippen molar-refractivity contribution in [3.8, 4) is 0 Å². The second-order valence-electron chi connectivity index (χ2n) is 5.92. The SMILES string of the molecule is Cc1nccnc1C1CNCCN1C(=O)OC(C)(C)C. The molecule has 0 bridgehead atoms. The number of nitrogens with zero attached hydrogens (tertiary/aromatic N) is 3. The number of hydrogen-bond acceptors (Lipinski definition) is 5. The molecule has 1 fully saturated rings. The molecule has 1 amide bonds. The van der Waals surface area contributed by atoms with E-state index in [2.05, 4.69) is 15.3 Å². The van der Waals surface area contributed by atoms with Gasteiger partial charge in [0.25, 0.3) is 0 Å². The van der Waals surface area contributed by atoms with Crippen LogP contribution in [0, 0.1) is 6.92 Å². The van der Waals surface area contributed by atoms with E-state index >= 15 is 0 Å². The third-order valence-electron chi connectivity index (χ3n) is 3.11. The van der Waals surface area contributed by atoms with Crippen LogP contribution in [0.4, 0.5) is 4.79 Å². The summed E-state index contributed by atoms with van der Waals surface area (Å²) in [5.74, 6) is 0. The molecule has 1 N–H and O–H groups in total. The number of aromatic nitrogens is 2. The maximum absolute atomic E-state index is 12.3. The van der Waals surface area contributed by atoms with Gasteiger partial charge in [-0.2, -0.15) is 0 Å². The van der Waals surface area contributed by atoms with Crippen molar-refractivity contribution >= 4 is 6.09 Å². The van der Waals surface area contributed by atoms with Crippen LogP contribution in [0.2, 0.25) is 0 Å². The highest BCUT2D eigenvalue weighted by atomic mass is 16.6. The molecule has 1 aromatic heterocycles. The monoisotopic (exact) mass is 278 g/mol. The number of amides is 1. The molecule has 1 aliphatic heterocycles. The summed E-state index contributed by atoms with van der Waals surface area (Å²) < 4.78 is 5.48. The van der Waals surface area contributed by atoms with Gasteiger partial charge in [0, 0.05) is 32.0 Å². The molecule has 1 aromatic rings. The molecule has 0 spiro atoms. The Morgan fingerprint density at radius 2 is 2.10 bits per heavy atom. The van der Waals surface area contributed by atoms with Crippen molar-refractivity contribution < 1.29 is 9.53 Å². The Morgan fingerprint density at radius 3 is 2.75 bits per heavy atom. The number of nitrogens with one attached hydrogen (secondary N) is 1. The van der Waals surface area contributed by atoms with E-state index in [1.165, 1.54) is 0 Å². The quantitative estimate of drug-likeness (QED) is 0.846. The van der Waals surface area contributed by atoms with Gasteiger partial charge in [-0.25, -0.2) is 4.79 Å². The van der Waals surface area contributed by atoms with E-state index < -0.39 is 5.60 Å². The standard InChI is InChI=1S/C14H22N4O2/c1-10-12(17-6-5-16-10)11-9-15-7-8-18(11)13(19)20-14(2,3)4/h5-6,11,15H,7-9H2,1-4H3. The van der Waals surface area contributed by atoms with Crippen molar-refractivity contribution in [2.75, 3.05) is 19.6 Å². The second kappa shape index (κ2) is 5.75. The molecular weight excluding hydrogens is 256 g/mol. The lowest BCUT2D eigenvalue weighted by Gasteiger charge is -2.37. The summed E-state index contributed by atoms with van der Waals surface area (Å²) in [6.45, 7) is 9.55. The Morgan fingerprint density at radius 1 is 1.40 bits per heavy atom. The number of hydrogen-bond donors (Lipinski definition) is 1. The van der Waals surface area contributed by atoms with Crippen LogP contribution in [0.5, 0.6) is 0 Å². The van der Waals surface area contributed by atoms with E-state index in [0.29, 0.717) is 13.1 Å². The molecule has 0 aliphatic carbocycles. The maximum Gasteiger partial charge on any atom is 0.410 e. The van der Waals surface area contributed by atoms with E-state index in [1.807, 2.05) is 27.7 Å². The number of carbonyl (C=O) groups excluding carboxylic acids is 1. The minimum atomic E-state index is -0.496. The first-order valence-corrected chi connectivity index (χ1v) is 6.86. The topological polar surface area (TPSA) is 67.4 Å². The molecule has 1 unspecified atom stereocenters. The summed E-state index contributed by atoms with van der Waals surface area (Å²) >= 11 is 0. The Balaban J connectivity index is 2.22. The number of piperazine rings is 1. The second-order valence-corrected chi connectivity index (χ2v) is 5.92. The average Bonchev–Trinajstić information content (AvgIpc) is 2.37. The first kappa shape index (κ1) is 14.7. The van der Waals surface area contributed by atoms with E-state index in [-0.39, 0.29) is 12.1 Å². The zero-order valence-corrected chi connectivity index (χ0v) is 12.5. The third-order valence-corrected chi connectivity index (χ3v) is 3.11. The van der Waals surface area contributed by atoms with Crippen molar-refractivity contribution in [3.63, 3.8) is 0 Å². The smallest absolute Gasteiger partial charge is 0.410 e. The molecule has 2 heterocycles. The van der Waals surface area contributed by atoms with Crippen LogP contribution in [0.25, 0.3) is 0 Å². The van der Waals surface area contributed by atoms with Crippen molar-refractivity contribution in [1.82, 2.24) is 20.2 Å². The van der Waals surface area contributed by atoms with Gasteiger partial charge in [-0.1, -0.05) is 0 Å². The van der Waals surface area contributed by atoms with Crippen LogP contribution in [0.3, 0.4) is 0 Å². The molecule has 2 rings (SSSR count). The van der Waals surface area contributed by atoms with Crippen LogP contribution >= 0.6 is 0 Å². The van der Waals surface area contributed by atoms with Gasteiger partial charge in [-0.05, 0) is 27.7 Å². The lowest BCUT2D eigenvalue weighted by Crippen LogP contribution is -2.50. The minimum absolute atomic E-state index is 0.132. The first-order valence-electron chi connectivity index (χ1n) is 6.86. The average molecular weight is 278 g/mol. The molecule has 0 radical (unpaired) electrons. The van der Waals surface area contributed by atoms with Crippen molar-refractivity contribution in [3.05, 3.63) is 23.8 Å². The van der Waals surface area contributed by atoms with Gasteiger partial charge < -0.3 is 10.1 Å². The van der Waals surface area contributed by atoms with Gasteiger partial charge in [0.05, 0.1) is 17.4 Å². The molecule has 6 nitrogen and oxygen atoms in total. The third kappa shape index (κ3) is 3.45. The minimum Gasteiger partial charge on any atom is -0.444 e. The van der Waals surface area contributed by atoms with Crippen LogP contribution in [0.1, 0.15) is 38.2 Å². The van der Waals surface area contributed by atoms with Gasteiger partial charge in [-0.3, -0.25) is 14.9 Å². The highest BCUT2D eigenvalue weighted by molar-refractivity contribution is 5.69. The van der Waals surface area contributed by atoms with Gasteiger partial charge in [-0.15, -0.1) is 0 Å². The summed E-state index contributed by atoms with van der Waals surface area (Å²) in [5, 5.41) is 3.29. The van der Waals surface area contributed by atoms with Crippen LogP contribution in [-0.2, 0) is 4.74 Å². The fourth-order valence-electron chi connectivity index (χ4n) is 2.23. The number of rotatable bonds is 1. The van der Waals surface area contributed by atoms with E-state index in [1.54, 1.807) is 17.3 Å². The molecule has 1 saturated heterocycles. The van der Waals surface area contributed by atoms with Crippen LogP contribution in [0.15, 0.2) is 12.4 Å². The number of carbonyl (C=O) groups is 1. The highest BCUT2D eigenvalue weighted by Gasteiger charge is 2.33. The zero-order chi connectivity index (χ0) is 14.8. The van der Waals surface area contributed by atoms with E-state index in [0.717, 1.165) is 17.9 Å². The Hall–Kier alpha value is -1.69. The van der Waals surface area contributed by atoms with Crippen LogP contribution in [-0.4, -0.2) is 46.2 Å². The fourth-order valence-corrected chi connectivity index (χ4v) is 2.23. The van der Waals surface area contributed by atoms with Gasteiger partial charge in [0.2, 0.25) is 0 Å². The van der Waals surface area contributed by atoms with Crippen LogP contribution < -0.4 is 5.32 Å². The predicted molar refractivity (Wildman–Crippen MR) is 75.3 cm³/mol. The Kier molecular flexibility index (Phi) is 4.23. The molecule has 1 atom stereocenters. The summed E-state index contributed by atoms with van der Waals surface area (Å²) in [5.41, 5.74) is 1.17. The van der Waals surface area contributed by atoms with Gasteiger partial charge >= 0.3 is 6.09 Å². The Labute approximate surface area is 119 Å². The molecule has 6 heteroatoms. The zero-order valence-electron chi connectivity index (χ0n) is 12.5. The molecule has 0 saturated carbocycles. The largest absolute Gasteiger partial charge is 0.444 e. The molecular formula is C14H22N4O2. The van der Waals surface area contributed by atoms with E-state index in [9.17, 15) is 4.79 Å².